The summed E-state index contributed by atoms with van der Waals surface area (Å²) in [7, 11) is 0. The molecule has 7 heteroatoms. The van der Waals surface area contributed by atoms with Crippen LogP contribution in [0.4, 0.5) is 0 Å². The van der Waals surface area contributed by atoms with Crippen LogP contribution in [0.1, 0.15) is 21.8 Å². The monoisotopic (exact) mass is 263 g/mol. The lowest BCUT2D eigenvalue weighted by Crippen LogP contribution is -2.30. The summed E-state index contributed by atoms with van der Waals surface area (Å²) in [5.41, 5.74) is 2.70. The van der Waals surface area contributed by atoms with Crippen LogP contribution in [0.2, 0.25) is 0 Å². The molecule has 7 nitrogen and oxygen atoms in total. The SMILES string of the molecule is NNC(=O)c1cc(COc2ccccc2CO)on1. The minimum absolute atomic E-state index is 0.0801. The highest BCUT2D eigenvalue weighted by Gasteiger charge is 2.12. The molecule has 2 rings (SSSR count). The van der Waals surface area contributed by atoms with Crippen LogP contribution in [-0.4, -0.2) is 16.2 Å². The van der Waals surface area contributed by atoms with Crippen LogP contribution in [-0.2, 0) is 13.2 Å². The predicted molar refractivity (Wildman–Crippen MR) is 64.9 cm³/mol. The molecule has 0 fully saturated rings. The zero-order valence-corrected chi connectivity index (χ0v) is 10.00. The summed E-state index contributed by atoms with van der Waals surface area (Å²) in [5, 5.41) is 12.7. The Hall–Kier alpha value is -2.38. The molecule has 100 valence electrons. The van der Waals surface area contributed by atoms with Crippen molar-refractivity contribution < 1.29 is 19.2 Å². The van der Waals surface area contributed by atoms with E-state index in [4.69, 9.17) is 20.2 Å². The van der Waals surface area contributed by atoms with Crippen molar-refractivity contribution in [2.75, 3.05) is 0 Å². The van der Waals surface area contributed by atoms with Crippen LogP contribution >= 0.6 is 0 Å². The van der Waals surface area contributed by atoms with E-state index in [1.54, 1.807) is 24.3 Å². The van der Waals surface area contributed by atoms with Crippen LogP contribution in [0.15, 0.2) is 34.9 Å². The average Bonchev–Trinajstić information content (AvgIpc) is 2.93. The Morgan fingerprint density at radius 3 is 3.00 bits per heavy atom. The van der Waals surface area contributed by atoms with Gasteiger partial charge in [0.15, 0.2) is 11.5 Å². The van der Waals surface area contributed by atoms with Crippen molar-refractivity contribution in [3.05, 3.63) is 47.3 Å². The fourth-order valence-corrected chi connectivity index (χ4v) is 1.49. The second-order valence-electron chi connectivity index (χ2n) is 3.71. The summed E-state index contributed by atoms with van der Waals surface area (Å²) in [6, 6.07) is 8.51. The molecule has 0 radical (unpaired) electrons. The van der Waals surface area contributed by atoms with Crippen LogP contribution in [0.3, 0.4) is 0 Å². The summed E-state index contributed by atoms with van der Waals surface area (Å²) < 4.78 is 10.4. The number of hydrazine groups is 1. The molecule has 0 unspecified atom stereocenters. The number of aromatic nitrogens is 1. The number of carbonyl (C=O) groups is 1. The molecule has 0 saturated heterocycles. The molecule has 1 heterocycles. The molecule has 0 aliphatic heterocycles. The number of rotatable bonds is 5. The molecule has 1 aromatic heterocycles. The molecular formula is C12H13N3O4. The number of hydrogen-bond acceptors (Lipinski definition) is 6. The third-order valence-corrected chi connectivity index (χ3v) is 2.44. The van der Waals surface area contributed by atoms with Crippen molar-refractivity contribution in [3.63, 3.8) is 0 Å². The third-order valence-electron chi connectivity index (χ3n) is 2.44. The average molecular weight is 263 g/mol. The van der Waals surface area contributed by atoms with E-state index in [1.807, 2.05) is 5.43 Å². The molecule has 4 N–H and O–H groups in total. The van der Waals surface area contributed by atoms with Gasteiger partial charge in [-0.15, -0.1) is 0 Å². The number of para-hydroxylation sites is 1. The number of benzene rings is 1. The van der Waals surface area contributed by atoms with E-state index in [-0.39, 0.29) is 18.9 Å². The fourth-order valence-electron chi connectivity index (χ4n) is 1.49. The Kier molecular flexibility index (Phi) is 4.11. The van der Waals surface area contributed by atoms with Crippen molar-refractivity contribution in [2.24, 2.45) is 5.84 Å². The minimum atomic E-state index is -0.536. The number of nitrogen functional groups attached to an aromatic ring is 1. The van der Waals surface area contributed by atoms with Gasteiger partial charge in [0.2, 0.25) is 0 Å². The molecule has 2 aromatic rings. The molecule has 1 aromatic carbocycles. The highest BCUT2D eigenvalue weighted by Crippen LogP contribution is 2.19. The molecule has 0 atom stereocenters. The van der Waals surface area contributed by atoms with Gasteiger partial charge in [-0.25, -0.2) is 5.84 Å². The van der Waals surface area contributed by atoms with E-state index < -0.39 is 5.91 Å². The van der Waals surface area contributed by atoms with Gasteiger partial charge in [-0.2, -0.15) is 0 Å². The molecule has 19 heavy (non-hydrogen) atoms. The minimum Gasteiger partial charge on any atom is -0.485 e. The number of nitrogens with two attached hydrogens (primary N) is 1. The maximum Gasteiger partial charge on any atom is 0.287 e. The second kappa shape index (κ2) is 5.98. The van der Waals surface area contributed by atoms with E-state index >= 15 is 0 Å². The Bertz CT molecular complexity index is 568. The summed E-state index contributed by atoms with van der Waals surface area (Å²) in [6.45, 7) is -0.0186. The Balaban J connectivity index is 2.02. The second-order valence-corrected chi connectivity index (χ2v) is 3.71. The number of aliphatic hydroxyl groups excluding tert-OH is 1. The van der Waals surface area contributed by atoms with Crippen molar-refractivity contribution >= 4 is 5.91 Å². The molecular weight excluding hydrogens is 250 g/mol. The Labute approximate surface area is 108 Å². The quantitative estimate of drug-likeness (QED) is 0.408. The topological polar surface area (TPSA) is 111 Å². The van der Waals surface area contributed by atoms with Crippen molar-refractivity contribution in [2.45, 2.75) is 13.2 Å². The van der Waals surface area contributed by atoms with Gasteiger partial charge in [0.25, 0.3) is 5.91 Å². The first-order chi connectivity index (χ1) is 9.24. The number of nitrogens with zero attached hydrogens (tertiary/aromatic N) is 1. The van der Waals surface area contributed by atoms with Crippen LogP contribution in [0.25, 0.3) is 0 Å². The Morgan fingerprint density at radius 1 is 1.47 bits per heavy atom. The number of ether oxygens (including phenoxy) is 1. The van der Waals surface area contributed by atoms with Gasteiger partial charge in [0.1, 0.15) is 12.4 Å². The van der Waals surface area contributed by atoms with Gasteiger partial charge in [0, 0.05) is 11.6 Å². The van der Waals surface area contributed by atoms with Crippen LogP contribution in [0.5, 0.6) is 5.75 Å². The van der Waals surface area contributed by atoms with Gasteiger partial charge < -0.3 is 14.4 Å². The van der Waals surface area contributed by atoms with E-state index in [2.05, 4.69) is 5.16 Å². The lowest BCUT2D eigenvalue weighted by atomic mass is 10.2. The van der Waals surface area contributed by atoms with Gasteiger partial charge >= 0.3 is 0 Å². The maximum atomic E-state index is 11.2. The molecule has 0 saturated carbocycles. The van der Waals surface area contributed by atoms with E-state index in [1.165, 1.54) is 6.07 Å². The van der Waals surface area contributed by atoms with Gasteiger partial charge in [0.05, 0.1) is 6.61 Å². The molecule has 1 amide bonds. The predicted octanol–water partition coefficient (Wildman–Crippen LogP) is 0.349. The van der Waals surface area contributed by atoms with E-state index in [0.717, 1.165) is 0 Å². The number of aliphatic hydroxyl groups is 1. The van der Waals surface area contributed by atoms with Crippen LogP contribution in [0, 0.1) is 0 Å². The lowest BCUT2D eigenvalue weighted by molar-refractivity contribution is 0.0944. The van der Waals surface area contributed by atoms with Crippen molar-refractivity contribution in [1.29, 1.82) is 0 Å². The smallest absolute Gasteiger partial charge is 0.287 e. The third kappa shape index (κ3) is 3.09. The zero-order valence-electron chi connectivity index (χ0n) is 10.00. The summed E-state index contributed by atoms with van der Waals surface area (Å²) in [6.07, 6.45) is 0. The first-order valence-electron chi connectivity index (χ1n) is 5.52. The summed E-state index contributed by atoms with van der Waals surface area (Å²) in [5.74, 6) is 5.37. The highest BCUT2D eigenvalue weighted by atomic mass is 16.5. The molecule has 0 aliphatic carbocycles. The number of carbonyl (C=O) groups excluding carboxylic acids is 1. The number of nitrogens with one attached hydrogen (secondary N) is 1. The zero-order chi connectivity index (χ0) is 13.7. The largest absolute Gasteiger partial charge is 0.485 e. The van der Waals surface area contributed by atoms with E-state index in [0.29, 0.717) is 17.1 Å². The molecule has 0 aliphatic rings. The summed E-state index contributed by atoms with van der Waals surface area (Å²) in [4.78, 5) is 11.2. The number of hydrogen-bond donors (Lipinski definition) is 3. The van der Waals surface area contributed by atoms with E-state index in [9.17, 15) is 4.79 Å². The highest BCUT2D eigenvalue weighted by molar-refractivity contribution is 5.91. The first-order valence-corrected chi connectivity index (χ1v) is 5.52. The van der Waals surface area contributed by atoms with Gasteiger partial charge in [-0.05, 0) is 6.07 Å². The standard InChI is InChI=1S/C12H13N3O4/c13-14-12(17)10-5-9(19-15-10)7-18-11-4-2-1-3-8(11)6-16/h1-5,16H,6-7,13H2,(H,14,17). The van der Waals surface area contributed by atoms with Crippen molar-refractivity contribution in [3.8, 4) is 5.75 Å². The van der Waals surface area contributed by atoms with Crippen LogP contribution < -0.4 is 16.0 Å². The van der Waals surface area contributed by atoms with Gasteiger partial charge in [-0.1, -0.05) is 23.4 Å². The first kappa shape index (κ1) is 13.1. The molecule has 0 bridgehead atoms. The Morgan fingerprint density at radius 2 is 2.26 bits per heavy atom. The van der Waals surface area contributed by atoms with Crippen molar-refractivity contribution in [1.82, 2.24) is 10.6 Å². The number of amides is 1. The molecule has 0 spiro atoms. The fraction of sp³-hybridized carbons (Fsp3) is 0.167. The lowest BCUT2D eigenvalue weighted by Gasteiger charge is -2.07. The van der Waals surface area contributed by atoms with Gasteiger partial charge in [-0.3, -0.25) is 10.2 Å². The normalized spacial score (nSPS) is 10.2. The summed E-state index contributed by atoms with van der Waals surface area (Å²) >= 11 is 0. The maximum absolute atomic E-state index is 11.2.